The van der Waals surface area contributed by atoms with Crippen LogP contribution in [-0.2, 0) is 14.3 Å². The second-order valence-electron chi connectivity index (χ2n) is 13.1. The van der Waals surface area contributed by atoms with Crippen LogP contribution in [0.4, 0.5) is 0 Å². The van der Waals surface area contributed by atoms with Crippen molar-refractivity contribution in [3.8, 4) is 12.3 Å². The fraction of sp³-hybridized carbons (Fsp3) is 0.900. The number of Topliss-reactive ketones (excluding diaryl/α,β-unsaturated/α-hetero) is 1. The van der Waals surface area contributed by atoms with Crippen molar-refractivity contribution in [2.24, 2.45) is 46.3 Å². The van der Waals surface area contributed by atoms with Crippen molar-refractivity contribution < 1.29 is 19.4 Å². The van der Waals surface area contributed by atoms with E-state index in [1.165, 1.54) is 6.42 Å². The molecule has 0 bridgehead atoms. The number of terminal acetylenes is 1. The molecule has 5 rings (SSSR count). The summed E-state index contributed by atoms with van der Waals surface area (Å²) in [6, 6.07) is 0. The van der Waals surface area contributed by atoms with Gasteiger partial charge in [-0.1, -0.05) is 33.1 Å². The molecule has 0 spiro atoms. The van der Waals surface area contributed by atoms with Gasteiger partial charge in [0.25, 0.3) is 0 Å². The highest BCUT2D eigenvalue weighted by atomic mass is 16.7. The van der Waals surface area contributed by atoms with E-state index in [1.54, 1.807) is 7.11 Å². The molecule has 5 fully saturated rings. The SMILES string of the molecule is C#C[C@]1(OC2(OC)CCCCC2)CC[C@H]2[C@@H]3[C@H](C)C[C@H]4CC(=O)C[C@H](C)[C@]4(CO)[C@H]3CC[C@@]21C. The molecule has 4 nitrogen and oxygen atoms in total. The van der Waals surface area contributed by atoms with Crippen molar-refractivity contribution >= 4 is 5.78 Å². The van der Waals surface area contributed by atoms with Gasteiger partial charge in [-0.25, -0.2) is 0 Å². The van der Waals surface area contributed by atoms with Gasteiger partial charge in [-0.05, 0) is 80.5 Å². The third-order valence-electron chi connectivity index (χ3n) is 12.0. The highest BCUT2D eigenvalue weighted by molar-refractivity contribution is 5.80. The molecule has 0 aliphatic heterocycles. The van der Waals surface area contributed by atoms with E-state index in [0.29, 0.717) is 48.2 Å². The second kappa shape index (κ2) is 8.60. The van der Waals surface area contributed by atoms with Crippen molar-refractivity contribution in [2.45, 2.75) is 109 Å². The lowest BCUT2D eigenvalue weighted by Gasteiger charge is -2.65. The summed E-state index contributed by atoms with van der Waals surface area (Å²) in [6.07, 6.45) is 18.2. The zero-order chi connectivity index (χ0) is 24.4. The van der Waals surface area contributed by atoms with E-state index in [2.05, 4.69) is 26.7 Å². The minimum atomic E-state index is -0.590. The summed E-state index contributed by atoms with van der Waals surface area (Å²) in [5.74, 6) is 5.68. The second-order valence-corrected chi connectivity index (χ2v) is 13.1. The maximum atomic E-state index is 12.5. The van der Waals surface area contributed by atoms with Gasteiger partial charge in [0, 0.05) is 50.2 Å². The quantitative estimate of drug-likeness (QED) is 0.419. The van der Waals surface area contributed by atoms with Crippen molar-refractivity contribution in [1.82, 2.24) is 0 Å². The molecular weight excluding hydrogens is 424 g/mol. The van der Waals surface area contributed by atoms with Crippen LogP contribution in [0.5, 0.6) is 0 Å². The van der Waals surface area contributed by atoms with Crippen LogP contribution < -0.4 is 0 Å². The molecule has 9 atom stereocenters. The number of hydrogen-bond donors (Lipinski definition) is 1. The number of fused-ring (bicyclic) bond motifs is 5. The minimum Gasteiger partial charge on any atom is -0.396 e. The third-order valence-corrected chi connectivity index (χ3v) is 12.0. The Labute approximate surface area is 206 Å². The largest absolute Gasteiger partial charge is 0.396 e. The summed E-state index contributed by atoms with van der Waals surface area (Å²) in [4.78, 5) is 12.5. The standard InChI is InChI=1S/C30H46O4/c1-6-28(34-29(33-5)12-8-7-9-13-29)15-11-24-26-20(2)16-22-18-23(32)17-21(3)30(22,19-31)25(26)10-14-27(24,28)4/h1,20-22,24-26,31H,7-19H2,2-5H3/t20-,21+,22+,24+,25+,26+,27+,28+,30+/m1/s1. The summed E-state index contributed by atoms with van der Waals surface area (Å²) >= 11 is 0. The smallest absolute Gasteiger partial charge is 0.169 e. The maximum Gasteiger partial charge on any atom is 0.169 e. The molecule has 0 aromatic carbocycles. The summed E-state index contributed by atoms with van der Waals surface area (Å²) in [5.41, 5.74) is -0.795. The third kappa shape index (κ3) is 3.25. The Morgan fingerprint density at radius 2 is 1.76 bits per heavy atom. The number of carbonyl (C=O) groups is 1. The molecule has 4 heteroatoms. The number of ether oxygens (including phenoxy) is 2. The Morgan fingerprint density at radius 3 is 2.41 bits per heavy atom. The number of rotatable bonds is 4. The number of ketones is 1. The zero-order valence-corrected chi connectivity index (χ0v) is 21.9. The molecule has 0 heterocycles. The van der Waals surface area contributed by atoms with Gasteiger partial charge in [0.15, 0.2) is 5.79 Å². The molecular formula is C30H46O4. The van der Waals surface area contributed by atoms with Crippen molar-refractivity contribution in [3.05, 3.63) is 0 Å². The average Bonchev–Trinajstić information content (AvgIpc) is 3.11. The summed E-state index contributed by atoms with van der Waals surface area (Å²) in [7, 11) is 1.79. The average molecular weight is 471 g/mol. The minimum absolute atomic E-state index is 0.0860. The van der Waals surface area contributed by atoms with Crippen molar-refractivity contribution in [1.29, 1.82) is 0 Å². The lowest BCUT2D eigenvalue weighted by Crippen LogP contribution is -2.63. The van der Waals surface area contributed by atoms with Crippen LogP contribution in [0.2, 0.25) is 0 Å². The van der Waals surface area contributed by atoms with E-state index in [1.807, 2.05) is 0 Å². The van der Waals surface area contributed by atoms with Crippen molar-refractivity contribution in [3.63, 3.8) is 0 Å². The Balaban J connectivity index is 1.49. The molecule has 0 aromatic heterocycles. The molecule has 0 amide bonds. The van der Waals surface area contributed by atoms with Gasteiger partial charge in [0.1, 0.15) is 11.4 Å². The molecule has 5 aliphatic rings. The highest BCUT2D eigenvalue weighted by Crippen LogP contribution is 2.71. The summed E-state index contributed by atoms with van der Waals surface area (Å²) in [6.45, 7) is 7.26. The first-order valence-corrected chi connectivity index (χ1v) is 14.1. The zero-order valence-electron chi connectivity index (χ0n) is 21.9. The van der Waals surface area contributed by atoms with Crippen LogP contribution in [0.25, 0.3) is 0 Å². The van der Waals surface area contributed by atoms with Crippen LogP contribution in [-0.4, -0.2) is 36.0 Å². The predicted molar refractivity (Wildman–Crippen MR) is 133 cm³/mol. The van der Waals surface area contributed by atoms with Gasteiger partial charge >= 0.3 is 0 Å². The maximum absolute atomic E-state index is 12.5. The molecule has 0 aromatic rings. The summed E-state index contributed by atoms with van der Waals surface area (Å²) < 4.78 is 13.1. The monoisotopic (exact) mass is 470 g/mol. The fourth-order valence-electron chi connectivity index (χ4n) is 10.3. The van der Waals surface area contributed by atoms with Gasteiger partial charge < -0.3 is 14.6 Å². The van der Waals surface area contributed by atoms with Gasteiger partial charge in [0.05, 0.1) is 0 Å². The van der Waals surface area contributed by atoms with Gasteiger partial charge in [-0.3, -0.25) is 4.79 Å². The van der Waals surface area contributed by atoms with Crippen LogP contribution in [0, 0.1) is 58.7 Å². The van der Waals surface area contributed by atoms with Crippen LogP contribution in [0.15, 0.2) is 0 Å². The van der Waals surface area contributed by atoms with Crippen LogP contribution in [0.1, 0.15) is 97.8 Å². The predicted octanol–water partition coefficient (Wildman–Crippen LogP) is 5.76. The molecule has 190 valence electrons. The Bertz CT molecular complexity index is 839. The first-order chi connectivity index (χ1) is 16.2. The lowest BCUT2D eigenvalue weighted by molar-refractivity contribution is -0.303. The van der Waals surface area contributed by atoms with E-state index in [-0.39, 0.29) is 23.4 Å². The van der Waals surface area contributed by atoms with Gasteiger partial charge in [0.2, 0.25) is 0 Å². The fourth-order valence-corrected chi connectivity index (χ4v) is 10.3. The topological polar surface area (TPSA) is 55.8 Å². The van der Waals surface area contributed by atoms with E-state index in [0.717, 1.165) is 57.8 Å². The Hall–Kier alpha value is -0.890. The lowest BCUT2D eigenvalue weighted by atomic mass is 9.40. The van der Waals surface area contributed by atoms with Crippen molar-refractivity contribution in [2.75, 3.05) is 13.7 Å². The molecule has 5 saturated carbocycles. The molecule has 0 saturated heterocycles. The molecule has 1 N–H and O–H groups in total. The summed E-state index contributed by atoms with van der Waals surface area (Å²) in [5, 5.41) is 10.9. The van der Waals surface area contributed by atoms with Crippen LogP contribution >= 0.6 is 0 Å². The van der Waals surface area contributed by atoms with E-state index in [4.69, 9.17) is 15.9 Å². The Morgan fingerprint density at radius 1 is 1.06 bits per heavy atom. The Kier molecular flexibility index (Phi) is 6.27. The molecule has 0 unspecified atom stereocenters. The number of aliphatic hydroxyl groups excluding tert-OH is 1. The van der Waals surface area contributed by atoms with E-state index in [9.17, 15) is 9.90 Å². The normalized spacial score (nSPS) is 50.1. The molecule has 0 radical (unpaired) electrons. The van der Waals surface area contributed by atoms with Gasteiger partial charge in [-0.2, -0.15) is 0 Å². The number of aliphatic hydroxyl groups is 1. The number of carbonyl (C=O) groups excluding carboxylic acids is 1. The molecule has 5 aliphatic carbocycles. The first-order valence-electron chi connectivity index (χ1n) is 14.1. The number of methoxy groups -OCH3 is 1. The van der Waals surface area contributed by atoms with Gasteiger partial charge in [-0.15, -0.1) is 6.42 Å². The van der Waals surface area contributed by atoms with E-state index < -0.39 is 11.4 Å². The molecule has 34 heavy (non-hydrogen) atoms. The first kappa shape index (κ1) is 24.8. The van der Waals surface area contributed by atoms with E-state index >= 15 is 0 Å². The highest BCUT2D eigenvalue weighted by Gasteiger charge is 2.69. The number of hydrogen-bond acceptors (Lipinski definition) is 4. The van der Waals surface area contributed by atoms with Crippen LogP contribution in [0.3, 0.4) is 0 Å².